The molecule has 4 N–H and O–H groups in total. The summed E-state index contributed by atoms with van der Waals surface area (Å²) in [4.78, 5) is 47.5. The average molecular weight is 731 g/mol. The third-order valence-electron chi connectivity index (χ3n) is 11.5. The monoisotopic (exact) mass is 730 g/mol. The van der Waals surface area contributed by atoms with Crippen molar-refractivity contribution in [1.82, 2.24) is 10.6 Å². The van der Waals surface area contributed by atoms with Gasteiger partial charge in [-0.05, 0) is 70.2 Å². The van der Waals surface area contributed by atoms with Crippen molar-refractivity contribution in [1.29, 1.82) is 0 Å². The quantitative estimate of drug-likeness (QED) is 0.141. The molecular weight excluding hydrogens is 684 g/mol. The van der Waals surface area contributed by atoms with Crippen molar-refractivity contribution in [2.75, 3.05) is 13.2 Å². The molecule has 4 aliphatic rings. The van der Waals surface area contributed by atoms with Crippen LogP contribution in [0.3, 0.4) is 0 Å². The number of benzene rings is 4. The van der Waals surface area contributed by atoms with Gasteiger partial charge in [0.25, 0.3) is 0 Å². The summed E-state index contributed by atoms with van der Waals surface area (Å²) in [5.74, 6) is -2.75. The van der Waals surface area contributed by atoms with E-state index in [2.05, 4.69) is 59.2 Å². The molecule has 2 saturated carbocycles. The molecule has 2 fully saturated rings. The first-order valence-electron chi connectivity index (χ1n) is 19.0. The molecule has 0 aromatic heterocycles. The van der Waals surface area contributed by atoms with Gasteiger partial charge in [0.15, 0.2) is 0 Å². The first-order valence-corrected chi connectivity index (χ1v) is 19.0. The Hall–Kier alpha value is -5.64. The third kappa shape index (κ3) is 7.83. The summed E-state index contributed by atoms with van der Waals surface area (Å²) in [7, 11) is 0. The molecule has 0 saturated heterocycles. The van der Waals surface area contributed by atoms with Crippen molar-refractivity contribution in [3.05, 3.63) is 119 Å². The number of carboxylic acids is 2. The third-order valence-corrected chi connectivity index (χ3v) is 11.5. The Morgan fingerprint density at radius 3 is 1.09 bits per heavy atom. The van der Waals surface area contributed by atoms with Crippen LogP contribution in [-0.4, -0.2) is 59.6 Å². The molecule has 4 aromatic rings. The summed E-state index contributed by atoms with van der Waals surface area (Å²) in [6, 6.07) is 32.0. The van der Waals surface area contributed by atoms with Crippen molar-refractivity contribution in [2.24, 2.45) is 11.8 Å². The summed E-state index contributed by atoms with van der Waals surface area (Å²) in [6.45, 7) is 0.481. The van der Waals surface area contributed by atoms with Crippen LogP contribution in [0.25, 0.3) is 22.3 Å². The minimum Gasteiger partial charge on any atom is -0.481 e. The standard InChI is InChI=1S/2C22H23NO4/c2*24-21(25)18-11-5-6-12-20(18)23-22(26)27-13-19-16-9-3-1-7-14(16)15-8-2-4-10-17(15)19/h2*1-4,7-10,18-20H,5-6,11-13H2,(H,23,26)(H,24,25)/t2*18-,20-/m10/s1. The molecule has 54 heavy (non-hydrogen) atoms. The molecule has 4 aromatic carbocycles. The van der Waals surface area contributed by atoms with E-state index >= 15 is 0 Å². The molecule has 280 valence electrons. The number of aliphatic carboxylic acids is 2. The molecule has 0 heterocycles. The number of hydrogen-bond acceptors (Lipinski definition) is 6. The van der Waals surface area contributed by atoms with Gasteiger partial charge in [-0.2, -0.15) is 0 Å². The largest absolute Gasteiger partial charge is 0.481 e. The van der Waals surface area contributed by atoms with Gasteiger partial charge in [0.2, 0.25) is 0 Å². The van der Waals surface area contributed by atoms with Gasteiger partial charge in [-0.15, -0.1) is 0 Å². The van der Waals surface area contributed by atoms with E-state index in [1.807, 2.05) is 48.5 Å². The normalized spacial score (nSPS) is 21.2. The SMILES string of the molecule is O=C(N[C@@H]1CCCC[C@H]1C(=O)O)OCC1c2ccccc2-c2ccccc21.O=C(N[C@H]1CCCC[C@@H]1C(=O)O)OCC1c2ccccc2-c2ccccc21. The minimum atomic E-state index is -0.848. The van der Waals surface area contributed by atoms with Crippen molar-refractivity contribution in [2.45, 2.75) is 75.3 Å². The van der Waals surface area contributed by atoms with Gasteiger partial charge in [0.05, 0.1) is 11.8 Å². The van der Waals surface area contributed by atoms with E-state index in [4.69, 9.17) is 9.47 Å². The highest BCUT2D eigenvalue weighted by Gasteiger charge is 2.35. The predicted octanol–water partition coefficient (Wildman–Crippen LogP) is 8.34. The van der Waals surface area contributed by atoms with Crippen molar-refractivity contribution >= 4 is 24.1 Å². The van der Waals surface area contributed by atoms with E-state index in [0.717, 1.165) is 47.9 Å². The number of amides is 2. The summed E-state index contributed by atoms with van der Waals surface area (Å²) in [5.41, 5.74) is 9.36. The van der Waals surface area contributed by atoms with Gasteiger partial charge in [-0.25, -0.2) is 9.59 Å². The molecule has 0 aliphatic heterocycles. The fourth-order valence-electron chi connectivity index (χ4n) is 8.78. The van der Waals surface area contributed by atoms with E-state index in [9.17, 15) is 29.4 Å². The molecule has 0 unspecified atom stereocenters. The zero-order valence-corrected chi connectivity index (χ0v) is 30.1. The molecule has 8 rings (SSSR count). The number of rotatable bonds is 8. The molecule has 0 bridgehead atoms. The van der Waals surface area contributed by atoms with E-state index in [-0.39, 0.29) is 37.1 Å². The van der Waals surface area contributed by atoms with E-state index in [1.54, 1.807) is 0 Å². The number of hydrogen-bond donors (Lipinski definition) is 4. The van der Waals surface area contributed by atoms with Gasteiger partial charge in [-0.1, -0.05) is 123 Å². The number of carboxylic acid groups (broad SMARTS) is 2. The maximum atomic E-state index is 12.3. The summed E-state index contributed by atoms with van der Waals surface area (Å²) >= 11 is 0. The van der Waals surface area contributed by atoms with Crippen LogP contribution in [0.2, 0.25) is 0 Å². The highest BCUT2D eigenvalue weighted by molar-refractivity contribution is 5.80. The van der Waals surface area contributed by atoms with Crippen molar-refractivity contribution in [3.63, 3.8) is 0 Å². The van der Waals surface area contributed by atoms with Crippen molar-refractivity contribution < 1.29 is 38.9 Å². The van der Waals surface area contributed by atoms with Gasteiger partial charge >= 0.3 is 24.1 Å². The first-order chi connectivity index (χ1) is 26.3. The molecule has 10 heteroatoms. The van der Waals surface area contributed by atoms with Gasteiger partial charge in [0.1, 0.15) is 13.2 Å². The van der Waals surface area contributed by atoms with Gasteiger partial charge in [-0.3, -0.25) is 9.59 Å². The number of nitrogens with one attached hydrogen (secondary N) is 2. The van der Waals surface area contributed by atoms with Crippen LogP contribution in [0.4, 0.5) is 9.59 Å². The highest BCUT2D eigenvalue weighted by atomic mass is 16.6. The zero-order chi connectivity index (χ0) is 37.6. The average Bonchev–Trinajstić information content (AvgIpc) is 3.69. The molecule has 10 nitrogen and oxygen atoms in total. The summed E-state index contributed by atoms with van der Waals surface area (Å²) in [6.07, 6.45) is 5.14. The maximum absolute atomic E-state index is 12.3. The summed E-state index contributed by atoms with van der Waals surface area (Å²) < 4.78 is 11.1. The Bertz CT molecular complexity index is 1780. The maximum Gasteiger partial charge on any atom is 0.407 e. The topological polar surface area (TPSA) is 151 Å². The Morgan fingerprint density at radius 2 is 0.778 bits per heavy atom. The Kier molecular flexibility index (Phi) is 11.3. The zero-order valence-electron chi connectivity index (χ0n) is 30.1. The second-order valence-corrected chi connectivity index (χ2v) is 14.6. The predicted molar refractivity (Wildman–Crippen MR) is 203 cm³/mol. The first kappa shape index (κ1) is 36.7. The van der Waals surface area contributed by atoms with Crippen LogP contribution in [-0.2, 0) is 19.1 Å². The fourth-order valence-corrected chi connectivity index (χ4v) is 8.78. The number of fused-ring (bicyclic) bond motifs is 6. The fraction of sp³-hybridized carbons (Fsp3) is 0.364. The Labute approximate surface area is 314 Å². The van der Waals surface area contributed by atoms with Crippen LogP contribution in [0.1, 0.15) is 85.5 Å². The van der Waals surface area contributed by atoms with Gasteiger partial charge < -0.3 is 30.3 Å². The lowest BCUT2D eigenvalue weighted by Crippen LogP contribution is -2.45. The number of ether oxygens (including phenoxy) is 2. The smallest absolute Gasteiger partial charge is 0.407 e. The second kappa shape index (κ2) is 16.6. The molecular formula is C44H46N2O8. The van der Waals surface area contributed by atoms with Crippen LogP contribution < -0.4 is 10.6 Å². The Morgan fingerprint density at radius 1 is 0.481 bits per heavy atom. The van der Waals surface area contributed by atoms with Crippen molar-refractivity contribution in [3.8, 4) is 22.3 Å². The lowest BCUT2D eigenvalue weighted by molar-refractivity contribution is -0.144. The van der Waals surface area contributed by atoms with E-state index in [0.29, 0.717) is 25.7 Å². The molecule has 4 atom stereocenters. The lowest BCUT2D eigenvalue weighted by Gasteiger charge is -2.29. The van der Waals surface area contributed by atoms with Crippen LogP contribution in [0.15, 0.2) is 97.1 Å². The van der Waals surface area contributed by atoms with Gasteiger partial charge in [0, 0.05) is 23.9 Å². The Balaban J connectivity index is 0.000000167. The number of carbonyl (C=O) groups is 4. The number of alkyl carbamates (subject to hydrolysis) is 2. The summed E-state index contributed by atoms with van der Waals surface area (Å²) in [5, 5.41) is 24.3. The molecule has 4 aliphatic carbocycles. The number of carbonyl (C=O) groups excluding carboxylic acids is 2. The second-order valence-electron chi connectivity index (χ2n) is 14.6. The van der Waals surface area contributed by atoms with Crippen LogP contribution >= 0.6 is 0 Å². The lowest BCUT2D eigenvalue weighted by atomic mass is 9.84. The molecule has 0 spiro atoms. The van der Waals surface area contributed by atoms with Crippen LogP contribution in [0.5, 0.6) is 0 Å². The molecule has 0 radical (unpaired) electrons. The van der Waals surface area contributed by atoms with Crippen LogP contribution in [0, 0.1) is 11.8 Å². The van der Waals surface area contributed by atoms with E-state index in [1.165, 1.54) is 22.3 Å². The molecule has 2 amide bonds. The highest BCUT2D eigenvalue weighted by Crippen LogP contribution is 2.45. The van der Waals surface area contributed by atoms with E-state index < -0.39 is 36.0 Å². The minimum absolute atomic E-state index is 0.00442.